The molecule has 0 aliphatic carbocycles. The van der Waals surface area contributed by atoms with Gasteiger partial charge in [0.2, 0.25) is 10.0 Å². The zero-order valence-electron chi connectivity index (χ0n) is 15.6. The summed E-state index contributed by atoms with van der Waals surface area (Å²) in [5, 5.41) is 0. The van der Waals surface area contributed by atoms with Gasteiger partial charge in [0.05, 0.1) is 17.9 Å². The van der Waals surface area contributed by atoms with Gasteiger partial charge in [-0.3, -0.25) is 0 Å². The highest BCUT2D eigenvalue weighted by atomic mass is 79.9. The predicted molar refractivity (Wildman–Crippen MR) is 107 cm³/mol. The van der Waals surface area contributed by atoms with E-state index < -0.39 is 32.5 Å². The second-order valence-corrected chi connectivity index (χ2v) is 9.06. The van der Waals surface area contributed by atoms with Gasteiger partial charge >= 0.3 is 5.97 Å². The van der Waals surface area contributed by atoms with Gasteiger partial charge in [0.15, 0.2) is 4.90 Å². The first-order valence-corrected chi connectivity index (χ1v) is 11.1. The van der Waals surface area contributed by atoms with Crippen LogP contribution in [0.15, 0.2) is 45.8 Å². The lowest BCUT2D eigenvalue weighted by molar-refractivity contribution is 0.0526. The Kier molecular flexibility index (Phi) is 6.55. The van der Waals surface area contributed by atoms with Crippen molar-refractivity contribution in [3.8, 4) is 0 Å². The topological polar surface area (TPSA) is 66.9 Å². The second-order valence-electron chi connectivity index (χ2n) is 6.33. The van der Waals surface area contributed by atoms with Crippen molar-refractivity contribution in [2.24, 2.45) is 0 Å². The number of ether oxygens (including phenoxy) is 1. The van der Waals surface area contributed by atoms with Gasteiger partial charge in [0, 0.05) is 30.7 Å². The molecule has 1 fully saturated rings. The third-order valence-corrected chi connectivity index (χ3v) is 7.14. The first kappa shape index (κ1) is 21.7. The third-order valence-electron chi connectivity index (χ3n) is 4.55. The van der Waals surface area contributed by atoms with Crippen molar-refractivity contribution < 1.29 is 26.7 Å². The number of sulfonamides is 1. The Balaban J connectivity index is 1.75. The minimum absolute atomic E-state index is 0.0716. The van der Waals surface area contributed by atoms with Crippen LogP contribution in [0.25, 0.3) is 0 Å². The molecule has 0 N–H and O–H groups in total. The van der Waals surface area contributed by atoms with E-state index in [1.807, 2.05) is 4.90 Å². The predicted octanol–water partition coefficient (Wildman–Crippen LogP) is 3.41. The molecular weight excluding hydrogens is 470 g/mol. The van der Waals surface area contributed by atoms with Crippen molar-refractivity contribution in [3.05, 3.63) is 58.1 Å². The van der Waals surface area contributed by atoms with E-state index in [-0.39, 0.29) is 19.7 Å². The SMILES string of the molecule is CCOC(=O)c1ccc(N2CCN(S(=O)(=O)c3c(F)cccc3F)CC2)c(Br)c1. The standard InChI is InChI=1S/C19H19BrF2N2O4S/c1-2-28-19(25)13-6-7-17(14(20)12-13)23-8-10-24(11-9-23)29(26,27)18-15(21)4-3-5-16(18)22/h3-7,12H,2,8-11H2,1H3. The number of halogens is 3. The Morgan fingerprint density at radius 2 is 1.72 bits per heavy atom. The highest BCUT2D eigenvalue weighted by Gasteiger charge is 2.33. The molecule has 1 aliphatic rings. The van der Waals surface area contributed by atoms with Crippen LogP contribution in [0.1, 0.15) is 17.3 Å². The van der Waals surface area contributed by atoms with Crippen molar-refractivity contribution in [2.45, 2.75) is 11.8 Å². The van der Waals surface area contributed by atoms with Gasteiger partial charge in [-0.1, -0.05) is 6.07 Å². The molecule has 1 aliphatic heterocycles. The van der Waals surface area contributed by atoms with Gasteiger partial charge in [-0.2, -0.15) is 4.31 Å². The quantitative estimate of drug-likeness (QED) is 0.603. The zero-order valence-corrected chi connectivity index (χ0v) is 18.0. The van der Waals surface area contributed by atoms with Crippen LogP contribution in [0.4, 0.5) is 14.5 Å². The molecule has 0 spiro atoms. The van der Waals surface area contributed by atoms with Crippen LogP contribution in [-0.2, 0) is 14.8 Å². The number of hydrogen-bond donors (Lipinski definition) is 0. The van der Waals surface area contributed by atoms with E-state index in [1.54, 1.807) is 25.1 Å². The summed E-state index contributed by atoms with van der Waals surface area (Å²) in [5.74, 6) is -2.64. The Bertz CT molecular complexity index is 1000. The first-order chi connectivity index (χ1) is 13.8. The zero-order chi connectivity index (χ0) is 21.2. The third kappa shape index (κ3) is 4.44. The van der Waals surface area contributed by atoms with Gasteiger partial charge in [0.25, 0.3) is 0 Å². The molecule has 3 rings (SSSR count). The molecular formula is C19H19BrF2N2O4S. The van der Waals surface area contributed by atoms with Crippen molar-refractivity contribution in [3.63, 3.8) is 0 Å². The lowest BCUT2D eigenvalue weighted by Crippen LogP contribution is -2.49. The van der Waals surface area contributed by atoms with Crippen molar-refractivity contribution >= 4 is 37.6 Å². The van der Waals surface area contributed by atoms with Gasteiger partial charge in [-0.15, -0.1) is 0 Å². The normalized spacial score (nSPS) is 15.4. The van der Waals surface area contributed by atoms with E-state index in [9.17, 15) is 22.0 Å². The van der Waals surface area contributed by atoms with Crippen LogP contribution in [0.5, 0.6) is 0 Å². The number of anilines is 1. The molecule has 0 radical (unpaired) electrons. The lowest BCUT2D eigenvalue weighted by atomic mass is 10.2. The Morgan fingerprint density at radius 3 is 2.28 bits per heavy atom. The summed E-state index contributed by atoms with van der Waals surface area (Å²) in [5.41, 5.74) is 1.19. The fraction of sp³-hybridized carbons (Fsp3) is 0.316. The summed E-state index contributed by atoms with van der Waals surface area (Å²) < 4.78 is 60.0. The highest BCUT2D eigenvalue weighted by molar-refractivity contribution is 9.10. The molecule has 10 heteroatoms. The Labute approximate surface area is 176 Å². The van der Waals surface area contributed by atoms with E-state index in [4.69, 9.17) is 4.74 Å². The fourth-order valence-corrected chi connectivity index (χ4v) is 5.29. The molecule has 0 amide bonds. The number of hydrogen-bond acceptors (Lipinski definition) is 5. The molecule has 1 saturated heterocycles. The maximum atomic E-state index is 14.0. The van der Waals surface area contributed by atoms with Gasteiger partial charge in [-0.05, 0) is 53.2 Å². The summed E-state index contributed by atoms with van der Waals surface area (Å²) >= 11 is 3.43. The molecule has 2 aromatic rings. The molecule has 29 heavy (non-hydrogen) atoms. The van der Waals surface area contributed by atoms with Crippen molar-refractivity contribution in [2.75, 3.05) is 37.7 Å². The van der Waals surface area contributed by atoms with Crippen LogP contribution in [0, 0.1) is 11.6 Å². The van der Waals surface area contributed by atoms with Crippen LogP contribution >= 0.6 is 15.9 Å². The van der Waals surface area contributed by atoms with Crippen molar-refractivity contribution in [1.82, 2.24) is 4.31 Å². The molecule has 156 valence electrons. The van der Waals surface area contributed by atoms with Crippen LogP contribution < -0.4 is 4.90 Å². The minimum Gasteiger partial charge on any atom is -0.462 e. The molecule has 2 aromatic carbocycles. The van der Waals surface area contributed by atoms with Gasteiger partial charge in [0.1, 0.15) is 11.6 Å². The average Bonchev–Trinajstić information content (AvgIpc) is 2.68. The lowest BCUT2D eigenvalue weighted by Gasteiger charge is -2.36. The van der Waals surface area contributed by atoms with E-state index in [0.717, 1.165) is 28.2 Å². The van der Waals surface area contributed by atoms with E-state index in [2.05, 4.69) is 15.9 Å². The van der Waals surface area contributed by atoms with E-state index in [0.29, 0.717) is 23.1 Å². The number of nitrogens with zero attached hydrogens (tertiary/aromatic N) is 2. The maximum absolute atomic E-state index is 14.0. The summed E-state index contributed by atoms with van der Waals surface area (Å²) in [4.78, 5) is 12.8. The first-order valence-electron chi connectivity index (χ1n) is 8.91. The molecule has 1 heterocycles. The molecule has 0 unspecified atom stereocenters. The summed E-state index contributed by atoms with van der Waals surface area (Å²) in [6, 6.07) is 8.00. The summed E-state index contributed by atoms with van der Waals surface area (Å²) in [7, 11) is -4.28. The molecule has 0 bridgehead atoms. The number of carbonyl (C=O) groups is 1. The maximum Gasteiger partial charge on any atom is 0.338 e. The number of piperazine rings is 1. The molecule has 0 aromatic heterocycles. The summed E-state index contributed by atoms with van der Waals surface area (Å²) in [6.45, 7) is 2.79. The van der Waals surface area contributed by atoms with E-state index >= 15 is 0 Å². The second kappa shape index (κ2) is 8.76. The van der Waals surface area contributed by atoms with Crippen LogP contribution in [0.2, 0.25) is 0 Å². The smallest absolute Gasteiger partial charge is 0.338 e. The molecule has 0 saturated carbocycles. The average molecular weight is 489 g/mol. The van der Waals surface area contributed by atoms with Gasteiger partial charge < -0.3 is 9.64 Å². The van der Waals surface area contributed by atoms with E-state index in [1.165, 1.54) is 0 Å². The number of rotatable bonds is 5. The molecule has 0 atom stereocenters. The molecule has 6 nitrogen and oxygen atoms in total. The Hall–Kier alpha value is -2.04. The summed E-state index contributed by atoms with van der Waals surface area (Å²) in [6.07, 6.45) is 0. The largest absolute Gasteiger partial charge is 0.462 e. The van der Waals surface area contributed by atoms with Crippen LogP contribution in [0.3, 0.4) is 0 Å². The number of carbonyl (C=O) groups excluding carboxylic acids is 1. The fourth-order valence-electron chi connectivity index (χ4n) is 3.13. The number of benzene rings is 2. The van der Waals surface area contributed by atoms with Crippen LogP contribution in [-0.4, -0.2) is 51.5 Å². The highest BCUT2D eigenvalue weighted by Crippen LogP contribution is 2.30. The monoisotopic (exact) mass is 488 g/mol. The Morgan fingerprint density at radius 1 is 1.10 bits per heavy atom. The number of esters is 1. The van der Waals surface area contributed by atoms with Gasteiger partial charge in [-0.25, -0.2) is 22.0 Å². The van der Waals surface area contributed by atoms with Crippen molar-refractivity contribution in [1.29, 1.82) is 0 Å². The minimum atomic E-state index is -4.28.